The molecule has 0 saturated carbocycles. The lowest BCUT2D eigenvalue weighted by Crippen LogP contribution is -2.63. The minimum atomic E-state index is -1.43. The molecule has 2 heterocycles. The molecule has 2 saturated heterocycles. The van der Waals surface area contributed by atoms with Gasteiger partial charge in [-0.25, -0.2) is 0 Å². The van der Waals surface area contributed by atoms with Crippen LogP contribution in [0.1, 0.15) is 160 Å². The van der Waals surface area contributed by atoms with Crippen molar-refractivity contribution in [2.24, 2.45) is 23.7 Å². The van der Waals surface area contributed by atoms with Gasteiger partial charge in [0.2, 0.25) is 53.2 Å². The highest BCUT2D eigenvalue weighted by Gasteiger charge is 2.41. The lowest BCUT2D eigenvalue weighted by Gasteiger charge is -2.33. The quantitative estimate of drug-likeness (QED) is 0.146. The first kappa shape index (κ1) is 69.6. The van der Waals surface area contributed by atoms with Crippen LogP contribution in [0.2, 0.25) is 0 Å². The molecule has 2 unspecified atom stereocenters. The Hall–Kier alpha value is -6.90. The maximum absolute atomic E-state index is 14.6. The minimum Gasteiger partial charge on any atom is -0.488 e. The molecule has 4 rings (SSSR count). The van der Waals surface area contributed by atoms with Crippen LogP contribution >= 0.6 is 0 Å². The van der Waals surface area contributed by atoms with Gasteiger partial charge in [0, 0.05) is 44.7 Å². The first-order chi connectivity index (χ1) is 39.2. The number of hydrogen-bond donors (Lipinski definition) is 8. The van der Waals surface area contributed by atoms with Gasteiger partial charge in [-0.2, -0.15) is 0 Å². The normalized spacial score (nSPS) is 25.6. The van der Waals surface area contributed by atoms with Gasteiger partial charge in [-0.15, -0.1) is 0 Å². The number of ether oxygens (including phenoxy) is 2. The van der Waals surface area contributed by atoms with Crippen LogP contribution in [0, 0.1) is 23.7 Å². The number of fused-ring (bicyclic) bond motifs is 1. The fraction of sp³-hybridized carbons (Fsp3) is 0.651. The third-order valence-corrected chi connectivity index (χ3v) is 14.3. The average molecular weight is 1170 g/mol. The second-order valence-electron chi connectivity index (χ2n) is 25.9. The van der Waals surface area contributed by atoms with Crippen molar-refractivity contribution in [3.05, 3.63) is 65.7 Å². The molecule has 0 radical (unpaired) electrons. The van der Waals surface area contributed by atoms with Gasteiger partial charge in [-0.05, 0) is 129 Å². The SMILES string of the molecule is CC(C)C[C@@H]1NC(=O)[C@H](Cc2ccc(OC(C)(C)C)cc2)NC(=O)[C@H](C(C)C)NC(=O)C([C@@H](C)OC(C)(C)C)NC(=O)[C@H](C)NC(=O)C2CCCN2C(=O)[C@H](CC(C)C)NC(=O)[C@H](Cc2ccccc2)NC(=O)[C@H](C)CC(=O)CCCNC1=O. The molecule has 21 heteroatoms. The van der Waals surface area contributed by atoms with Crippen molar-refractivity contribution in [3.63, 3.8) is 0 Å². The molecule has 10 atom stereocenters. The second-order valence-corrected chi connectivity index (χ2v) is 25.9. The summed E-state index contributed by atoms with van der Waals surface area (Å²) in [7, 11) is 0. The number of rotatable bonds is 12. The Bertz CT molecular complexity index is 2580. The van der Waals surface area contributed by atoms with Crippen LogP contribution in [0.5, 0.6) is 5.75 Å². The smallest absolute Gasteiger partial charge is 0.245 e. The minimum absolute atomic E-state index is 0.0113. The summed E-state index contributed by atoms with van der Waals surface area (Å²) in [5, 5.41) is 22.5. The second kappa shape index (κ2) is 31.8. The Morgan fingerprint density at radius 1 is 0.536 bits per heavy atom. The van der Waals surface area contributed by atoms with E-state index in [4.69, 9.17) is 9.47 Å². The molecule has 9 amide bonds. The molecular weight excluding hydrogens is 1070 g/mol. The lowest BCUT2D eigenvalue weighted by molar-refractivity contribution is -0.143. The molecule has 466 valence electrons. The molecule has 84 heavy (non-hydrogen) atoms. The Labute approximate surface area is 497 Å². The summed E-state index contributed by atoms with van der Waals surface area (Å²) in [6, 6.07) is 6.46. The van der Waals surface area contributed by atoms with Gasteiger partial charge >= 0.3 is 0 Å². The van der Waals surface area contributed by atoms with E-state index in [1.165, 1.54) is 11.8 Å². The van der Waals surface area contributed by atoms with Crippen LogP contribution in [-0.4, -0.2) is 143 Å². The van der Waals surface area contributed by atoms with Crippen LogP contribution in [0.15, 0.2) is 54.6 Å². The maximum Gasteiger partial charge on any atom is 0.245 e. The van der Waals surface area contributed by atoms with Gasteiger partial charge in [-0.1, -0.05) is 90.9 Å². The van der Waals surface area contributed by atoms with Gasteiger partial charge in [0.05, 0.1) is 11.7 Å². The summed E-state index contributed by atoms with van der Waals surface area (Å²) in [5.41, 5.74) is 0.0679. The largest absolute Gasteiger partial charge is 0.488 e. The number of amides is 9. The molecule has 0 bridgehead atoms. The Balaban J connectivity index is 1.75. The number of carbonyl (C=O) groups is 10. The van der Waals surface area contributed by atoms with E-state index in [-0.39, 0.29) is 82.1 Å². The molecule has 8 N–H and O–H groups in total. The molecule has 21 nitrogen and oxygen atoms in total. The molecule has 0 aromatic heterocycles. The van der Waals surface area contributed by atoms with Gasteiger partial charge in [0.15, 0.2) is 0 Å². The van der Waals surface area contributed by atoms with Crippen LogP contribution in [-0.2, 0) is 65.5 Å². The first-order valence-electron chi connectivity index (χ1n) is 29.9. The van der Waals surface area contributed by atoms with Gasteiger partial charge in [-0.3, -0.25) is 47.9 Å². The fourth-order valence-electron chi connectivity index (χ4n) is 10.2. The van der Waals surface area contributed by atoms with Crippen LogP contribution in [0.4, 0.5) is 0 Å². The van der Waals surface area contributed by atoms with E-state index in [1.807, 2.05) is 54.5 Å². The molecular formula is C63H97N9O12. The number of nitrogens with one attached hydrogen (secondary N) is 8. The highest BCUT2D eigenvalue weighted by molar-refractivity contribution is 5.99. The standard InChI is InChI=1S/C63H97N9O12/c1-36(2)31-46-55(76)64-29-19-23-44(73)33-39(7)53(74)66-47(34-42-21-17-16-18-22-42)57(78)69-49(32-37(3)4)61(82)72-30-20-24-50(72)58(79)65-40(8)54(75)71-52(41(9)83-62(10,11)12)60(81)70-51(38(5)6)59(80)68-48(56(77)67-46)35-43-25-27-45(28-26-43)84-63(13,14)15/h16-18,21-22,25-28,36-41,46-52H,19-20,23-24,29-35H2,1-15H3,(H,64,76)(H,65,79)(H,66,74)(H,67,77)(H,68,80)(H,69,78)(H,70,81)(H,71,75)/t39-,40+,41-,46+,47+,48+,49+,50?,51+,52?/m1/s1. The summed E-state index contributed by atoms with van der Waals surface area (Å²) in [6.45, 7) is 26.9. The molecule has 2 aliphatic heterocycles. The Morgan fingerprint density at radius 3 is 1.62 bits per heavy atom. The van der Waals surface area contributed by atoms with Crippen LogP contribution in [0.3, 0.4) is 0 Å². The van der Waals surface area contributed by atoms with Crippen molar-refractivity contribution in [2.45, 2.75) is 227 Å². The number of ketones is 1. The molecule has 2 aromatic carbocycles. The van der Waals surface area contributed by atoms with Crippen LogP contribution < -0.4 is 47.3 Å². The first-order valence-corrected chi connectivity index (χ1v) is 29.9. The van der Waals surface area contributed by atoms with E-state index >= 15 is 0 Å². The third-order valence-electron chi connectivity index (χ3n) is 14.3. The predicted molar refractivity (Wildman–Crippen MR) is 320 cm³/mol. The number of carbonyl (C=O) groups excluding carboxylic acids is 10. The number of Topliss-reactive ketones (excluding diaryl/α,β-unsaturated/α-hetero) is 1. The predicted octanol–water partition coefficient (Wildman–Crippen LogP) is 4.51. The van der Waals surface area contributed by atoms with Gasteiger partial charge < -0.3 is 56.9 Å². The van der Waals surface area contributed by atoms with E-state index in [1.54, 1.807) is 97.0 Å². The Morgan fingerprint density at radius 2 is 1.06 bits per heavy atom. The van der Waals surface area contributed by atoms with E-state index in [2.05, 4.69) is 42.5 Å². The summed E-state index contributed by atoms with van der Waals surface area (Å²) < 4.78 is 12.2. The molecule has 2 aromatic rings. The molecule has 0 spiro atoms. The van der Waals surface area contributed by atoms with Gasteiger partial charge in [0.25, 0.3) is 0 Å². The van der Waals surface area contributed by atoms with Crippen LogP contribution in [0.25, 0.3) is 0 Å². The van der Waals surface area contributed by atoms with Crippen molar-refractivity contribution in [3.8, 4) is 5.75 Å². The Kier molecular flexibility index (Phi) is 26.4. The third kappa shape index (κ3) is 22.9. The topological polar surface area (TPSA) is 289 Å². The van der Waals surface area contributed by atoms with E-state index in [9.17, 15) is 47.9 Å². The fourth-order valence-corrected chi connectivity index (χ4v) is 10.2. The molecule has 2 fully saturated rings. The van der Waals surface area contributed by atoms with Crippen molar-refractivity contribution in [1.29, 1.82) is 0 Å². The zero-order valence-electron chi connectivity index (χ0n) is 52.3. The van der Waals surface area contributed by atoms with E-state index in [0.29, 0.717) is 17.7 Å². The summed E-state index contributed by atoms with van der Waals surface area (Å²) in [6.07, 6.45) is 0.208. The average Bonchev–Trinajstić information content (AvgIpc) is 4.11. The van der Waals surface area contributed by atoms with Crippen molar-refractivity contribution in [1.82, 2.24) is 47.4 Å². The highest BCUT2D eigenvalue weighted by Crippen LogP contribution is 2.23. The summed E-state index contributed by atoms with van der Waals surface area (Å²) >= 11 is 0. The van der Waals surface area contributed by atoms with E-state index < -0.39 is 131 Å². The highest BCUT2D eigenvalue weighted by atomic mass is 16.5. The molecule has 0 aliphatic carbocycles. The van der Waals surface area contributed by atoms with Crippen molar-refractivity contribution >= 4 is 58.9 Å². The number of hydrogen-bond acceptors (Lipinski definition) is 12. The van der Waals surface area contributed by atoms with Crippen molar-refractivity contribution in [2.75, 3.05) is 13.1 Å². The van der Waals surface area contributed by atoms with E-state index in [0.717, 1.165) is 5.56 Å². The summed E-state index contributed by atoms with van der Waals surface area (Å²) in [5.74, 6) is -7.13. The zero-order valence-corrected chi connectivity index (χ0v) is 52.3. The summed E-state index contributed by atoms with van der Waals surface area (Å²) in [4.78, 5) is 144. The molecule has 2 aliphatic rings. The zero-order chi connectivity index (χ0) is 62.8. The number of benzene rings is 2. The number of nitrogens with zero attached hydrogens (tertiary/aromatic N) is 1. The van der Waals surface area contributed by atoms with Gasteiger partial charge in [0.1, 0.15) is 65.5 Å². The monoisotopic (exact) mass is 1170 g/mol. The maximum atomic E-state index is 14.6. The lowest BCUT2D eigenvalue weighted by atomic mass is 9.98. The van der Waals surface area contributed by atoms with Crippen molar-refractivity contribution < 1.29 is 57.4 Å².